The van der Waals surface area contributed by atoms with E-state index in [0.717, 1.165) is 33.4 Å². The van der Waals surface area contributed by atoms with Gasteiger partial charge in [-0.25, -0.2) is 0 Å². The number of ether oxygens (including phenoxy) is 3. The summed E-state index contributed by atoms with van der Waals surface area (Å²) in [6.07, 6.45) is -0.895. The molecule has 0 amide bonds. The quantitative estimate of drug-likeness (QED) is 0.182. The van der Waals surface area contributed by atoms with Gasteiger partial charge in [0.15, 0.2) is 0 Å². The molecule has 3 N–H and O–H groups in total. The minimum absolute atomic E-state index is 0.0980. The van der Waals surface area contributed by atoms with Crippen molar-refractivity contribution in [3.05, 3.63) is 142 Å². The summed E-state index contributed by atoms with van der Waals surface area (Å²) in [5.41, 5.74) is 18.4. The van der Waals surface area contributed by atoms with Crippen LogP contribution in [0.4, 0.5) is 0 Å². The van der Waals surface area contributed by atoms with Gasteiger partial charge in [-0.2, -0.15) is 0 Å². The van der Waals surface area contributed by atoms with Gasteiger partial charge in [0.05, 0.1) is 19.8 Å². The third kappa shape index (κ3) is 8.14. The third-order valence-corrected chi connectivity index (χ3v) is 7.83. The first-order valence-corrected chi connectivity index (χ1v) is 15.3. The van der Waals surface area contributed by atoms with E-state index in [1.165, 1.54) is 11.1 Å². The summed E-state index contributed by atoms with van der Waals surface area (Å²) >= 11 is 0. The number of nitrogens with two attached hydrogens (primary N) is 1. The van der Waals surface area contributed by atoms with E-state index in [2.05, 4.69) is 107 Å². The average Bonchev–Trinajstić information content (AvgIpc) is 3.50. The molecule has 6 heteroatoms. The van der Waals surface area contributed by atoms with Crippen molar-refractivity contribution >= 4 is 5.90 Å². The number of benzene rings is 4. The van der Waals surface area contributed by atoms with Crippen LogP contribution < -0.4 is 11.2 Å². The second-order valence-corrected chi connectivity index (χ2v) is 13.5. The summed E-state index contributed by atoms with van der Waals surface area (Å²) < 4.78 is 18.3. The first-order valence-electron chi connectivity index (χ1n) is 15.3. The number of hydrogen-bond acceptors (Lipinski definition) is 6. The molecule has 0 aromatic heterocycles. The number of nitrogens with zero attached hydrogens (tertiary/aromatic N) is 1. The van der Waals surface area contributed by atoms with Crippen molar-refractivity contribution in [3.63, 3.8) is 0 Å². The lowest BCUT2D eigenvalue weighted by Crippen LogP contribution is -2.16. The van der Waals surface area contributed by atoms with Crippen LogP contribution in [0.25, 0.3) is 0 Å². The van der Waals surface area contributed by atoms with Crippen LogP contribution in [0, 0.1) is 0 Å². The maximum absolute atomic E-state index is 6.35. The van der Waals surface area contributed by atoms with Crippen LogP contribution in [0.1, 0.15) is 98.5 Å². The Morgan fingerprint density at radius 1 is 0.727 bits per heavy atom. The first-order chi connectivity index (χ1) is 21.0. The molecule has 0 spiro atoms. The predicted octanol–water partition coefficient (Wildman–Crippen LogP) is 8.15. The van der Waals surface area contributed by atoms with E-state index in [9.17, 15) is 0 Å². The number of hydrogen-bond donors (Lipinski definition) is 2. The fourth-order valence-corrected chi connectivity index (χ4v) is 5.04. The lowest BCUT2D eigenvalue weighted by Gasteiger charge is -2.20. The Bertz CT molecular complexity index is 1560. The molecule has 1 heterocycles. The summed E-state index contributed by atoms with van der Waals surface area (Å²) in [7, 11) is 0. The van der Waals surface area contributed by atoms with Crippen molar-refractivity contribution in [2.75, 3.05) is 0 Å². The molecular formula is C38H45N3O3. The van der Waals surface area contributed by atoms with Gasteiger partial charge in [-0.3, -0.25) is 5.43 Å². The fourth-order valence-electron chi connectivity index (χ4n) is 5.04. The Kier molecular flexibility index (Phi) is 9.54. The zero-order chi connectivity index (χ0) is 31.3. The number of hydrazone groups is 1. The Balaban J connectivity index is 1.13. The smallest absolute Gasteiger partial charge is 0.240 e. The molecule has 0 aliphatic carbocycles. The maximum atomic E-state index is 6.35. The Labute approximate surface area is 262 Å². The first kappa shape index (κ1) is 31.5. The van der Waals surface area contributed by atoms with Crippen molar-refractivity contribution in [1.82, 2.24) is 5.43 Å². The SMILES string of the molecule is CC(C)(C)c1ccc(COCc2cccc(C3=NNC(c4cccc(COC(N)c5ccc(C(C)(C)C)cc5)c4)O3)c2)cc1. The lowest BCUT2D eigenvalue weighted by molar-refractivity contribution is 0.0440. The van der Waals surface area contributed by atoms with Crippen LogP contribution in [-0.2, 0) is 44.9 Å². The van der Waals surface area contributed by atoms with Gasteiger partial charge in [0.1, 0.15) is 6.23 Å². The summed E-state index contributed by atoms with van der Waals surface area (Å²) in [6, 6.07) is 33.2. The second-order valence-electron chi connectivity index (χ2n) is 13.5. The van der Waals surface area contributed by atoms with E-state index in [-0.39, 0.29) is 17.1 Å². The molecule has 44 heavy (non-hydrogen) atoms. The van der Waals surface area contributed by atoms with Crippen LogP contribution in [-0.4, -0.2) is 5.90 Å². The molecule has 0 fully saturated rings. The van der Waals surface area contributed by atoms with Crippen LogP contribution in [0.2, 0.25) is 0 Å². The van der Waals surface area contributed by atoms with Crippen molar-refractivity contribution in [1.29, 1.82) is 0 Å². The zero-order valence-corrected chi connectivity index (χ0v) is 26.8. The molecule has 1 aliphatic rings. The average molecular weight is 592 g/mol. The Morgan fingerprint density at radius 2 is 1.32 bits per heavy atom. The summed E-state index contributed by atoms with van der Waals surface area (Å²) in [5, 5.41) is 4.48. The minimum atomic E-state index is -0.506. The van der Waals surface area contributed by atoms with Crippen molar-refractivity contribution < 1.29 is 14.2 Å². The van der Waals surface area contributed by atoms with E-state index >= 15 is 0 Å². The van der Waals surface area contributed by atoms with E-state index in [1.807, 2.05) is 42.5 Å². The van der Waals surface area contributed by atoms with Gasteiger partial charge >= 0.3 is 0 Å². The summed E-state index contributed by atoms with van der Waals surface area (Å²) in [5.74, 6) is 0.553. The van der Waals surface area contributed by atoms with Gasteiger partial charge in [-0.15, -0.1) is 5.10 Å². The molecule has 0 bridgehead atoms. The normalized spacial score (nSPS) is 15.8. The van der Waals surface area contributed by atoms with Crippen molar-refractivity contribution in [2.45, 2.75) is 84.6 Å². The number of nitrogens with one attached hydrogen (secondary N) is 1. The molecule has 5 rings (SSSR count). The van der Waals surface area contributed by atoms with Crippen LogP contribution >= 0.6 is 0 Å². The highest BCUT2D eigenvalue weighted by atomic mass is 16.5. The molecule has 2 unspecified atom stereocenters. The molecule has 230 valence electrons. The van der Waals surface area contributed by atoms with Crippen LogP contribution in [0.15, 0.2) is 102 Å². The topological polar surface area (TPSA) is 78.1 Å². The molecule has 1 aliphatic heterocycles. The molecule has 0 radical (unpaired) electrons. The molecule has 6 nitrogen and oxygen atoms in total. The van der Waals surface area contributed by atoms with Gasteiger partial charge in [0.2, 0.25) is 12.1 Å². The van der Waals surface area contributed by atoms with Crippen LogP contribution in [0.5, 0.6) is 0 Å². The van der Waals surface area contributed by atoms with Gasteiger partial charge in [0.25, 0.3) is 0 Å². The van der Waals surface area contributed by atoms with E-state index < -0.39 is 6.23 Å². The molecule has 4 aromatic carbocycles. The Hall–Kier alpha value is -3.97. The standard InChI is InChI=1S/C38H45N3O3/c1-37(2,3)32-17-13-26(14-18-32)23-42-24-27-9-7-11-30(21-27)35-40-41-36(44-35)31-12-8-10-28(22-31)25-43-34(39)29-15-19-33(20-16-29)38(4,5)6/h7-22,34,36,41H,23-25,39H2,1-6H3. The highest BCUT2D eigenvalue weighted by Crippen LogP contribution is 2.26. The minimum Gasteiger partial charge on any atom is -0.446 e. The Morgan fingerprint density at radius 3 is 1.98 bits per heavy atom. The highest BCUT2D eigenvalue weighted by molar-refractivity contribution is 5.95. The molecular weight excluding hydrogens is 546 g/mol. The second kappa shape index (κ2) is 13.3. The molecule has 0 saturated carbocycles. The largest absolute Gasteiger partial charge is 0.446 e. The molecule has 0 saturated heterocycles. The number of rotatable bonds is 10. The van der Waals surface area contributed by atoms with Crippen LogP contribution in [0.3, 0.4) is 0 Å². The van der Waals surface area contributed by atoms with Gasteiger partial charge in [-0.1, -0.05) is 120 Å². The van der Waals surface area contributed by atoms with Crippen molar-refractivity contribution in [2.24, 2.45) is 10.8 Å². The zero-order valence-electron chi connectivity index (χ0n) is 26.8. The van der Waals surface area contributed by atoms with Crippen molar-refractivity contribution in [3.8, 4) is 0 Å². The predicted molar refractivity (Wildman–Crippen MR) is 177 cm³/mol. The van der Waals surface area contributed by atoms with E-state index in [4.69, 9.17) is 19.9 Å². The third-order valence-electron chi connectivity index (χ3n) is 7.83. The van der Waals surface area contributed by atoms with Gasteiger partial charge in [0, 0.05) is 11.1 Å². The molecule has 4 aromatic rings. The summed E-state index contributed by atoms with van der Waals surface area (Å²) in [4.78, 5) is 0. The highest BCUT2D eigenvalue weighted by Gasteiger charge is 2.23. The van der Waals surface area contributed by atoms with Gasteiger partial charge in [-0.05, 0) is 62.4 Å². The molecule has 2 atom stereocenters. The fraction of sp³-hybridized carbons (Fsp3) is 0.342. The van der Waals surface area contributed by atoms with E-state index in [1.54, 1.807) is 0 Å². The maximum Gasteiger partial charge on any atom is 0.240 e. The lowest BCUT2D eigenvalue weighted by atomic mass is 9.86. The van der Waals surface area contributed by atoms with E-state index in [0.29, 0.717) is 25.7 Å². The monoisotopic (exact) mass is 591 g/mol. The summed E-state index contributed by atoms with van der Waals surface area (Å²) in [6.45, 7) is 14.7. The van der Waals surface area contributed by atoms with Gasteiger partial charge < -0.3 is 19.9 Å².